The summed E-state index contributed by atoms with van der Waals surface area (Å²) in [4.78, 5) is 13.4. The molecule has 1 fully saturated rings. The van der Waals surface area contributed by atoms with E-state index in [-0.39, 0.29) is 12.0 Å². The lowest BCUT2D eigenvalue weighted by Gasteiger charge is -2.11. The lowest BCUT2D eigenvalue weighted by Crippen LogP contribution is -2.17. The second kappa shape index (κ2) is 5.35. The summed E-state index contributed by atoms with van der Waals surface area (Å²) in [5.41, 5.74) is 2.59. The number of ether oxygens (including phenoxy) is 1. The first-order valence-corrected chi connectivity index (χ1v) is 6.89. The predicted molar refractivity (Wildman–Crippen MR) is 75.3 cm³/mol. The molecule has 0 aliphatic carbocycles. The number of carbonyl (C=O) groups is 1. The smallest absolute Gasteiger partial charge is 0.324 e. The number of benzene rings is 1. The van der Waals surface area contributed by atoms with E-state index in [1.54, 1.807) is 0 Å². The Hall–Kier alpha value is -0.620. The van der Waals surface area contributed by atoms with Crippen molar-refractivity contribution in [3.63, 3.8) is 0 Å². The maximum absolute atomic E-state index is 11.3. The molecule has 2 rings (SSSR count). The van der Waals surface area contributed by atoms with Crippen molar-refractivity contribution in [3.8, 4) is 0 Å². The highest BCUT2D eigenvalue weighted by molar-refractivity contribution is 14.1. The van der Waals surface area contributed by atoms with Gasteiger partial charge in [-0.1, -0.05) is 52.4 Å². The van der Waals surface area contributed by atoms with Gasteiger partial charge in [0.25, 0.3) is 0 Å². The van der Waals surface area contributed by atoms with Gasteiger partial charge in [-0.05, 0) is 12.5 Å². The molecular weight excluding hydrogens is 329 g/mol. The Morgan fingerprint density at radius 3 is 2.76 bits per heavy atom. The van der Waals surface area contributed by atoms with E-state index in [0.29, 0.717) is 3.92 Å². The number of methoxy groups -OCH3 is 1. The molecule has 3 nitrogen and oxygen atoms in total. The molecule has 3 atom stereocenters. The molecule has 0 N–H and O–H groups in total. The van der Waals surface area contributed by atoms with E-state index in [1.165, 1.54) is 18.2 Å². The fourth-order valence-electron chi connectivity index (χ4n) is 1.82. The summed E-state index contributed by atoms with van der Waals surface area (Å²) in [5.74, 6) is -0.113. The molecule has 17 heavy (non-hydrogen) atoms. The topological polar surface area (TPSA) is 29.3 Å². The molecule has 1 aromatic carbocycles. The van der Waals surface area contributed by atoms with E-state index in [0.717, 1.165) is 13.1 Å². The maximum Gasteiger partial charge on any atom is 0.324 e. The van der Waals surface area contributed by atoms with Gasteiger partial charge in [0.1, 0.15) is 6.04 Å². The van der Waals surface area contributed by atoms with Gasteiger partial charge >= 0.3 is 5.97 Å². The Morgan fingerprint density at radius 2 is 2.18 bits per heavy atom. The maximum atomic E-state index is 11.3. The molecule has 0 aromatic heterocycles. The standard InChI is InChI=1S/C13H16INO2/c1-9-3-5-10(6-4-9)11(14)7-15-8-12(15)13(16)17-2/h3-6,11-12H,7-8H2,1-2H3. The third-order valence-electron chi connectivity index (χ3n) is 3.02. The first-order valence-electron chi connectivity index (χ1n) is 5.64. The lowest BCUT2D eigenvalue weighted by molar-refractivity contribution is -0.140. The van der Waals surface area contributed by atoms with Gasteiger partial charge in [0.15, 0.2) is 0 Å². The van der Waals surface area contributed by atoms with E-state index < -0.39 is 0 Å². The molecule has 1 saturated heterocycles. The summed E-state index contributed by atoms with van der Waals surface area (Å²) in [6.07, 6.45) is 0. The van der Waals surface area contributed by atoms with Crippen LogP contribution in [0.1, 0.15) is 15.1 Å². The fraction of sp³-hybridized carbons (Fsp3) is 0.462. The SMILES string of the molecule is COC(=O)C1CN1CC(I)c1ccc(C)cc1. The molecule has 1 aromatic rings. The van der Waals surface area contributed by atoms with Gasteiger partial charge in [-0.2, -0.15) is 0 Å². The first-order chi connectivity index (χ1) is 8.11. The van der Waals surface area contributed by atoms with Gasteiger partial charge in [0.05, 0.1) is 7.11 Å². The molecule has 1 aliphatic heterocycles. The van der Waals surface area contributed by atoms with Crippen molar-refractivity contribution < 1.29 is 9.53 Å². The number of nitrogens with zero attached hydrogens (tertiary/aromatic N) is 1. The molecule has 0 bridgehead atoms. The Balaban J connectivity index is 1.88. The van der Waals surface area contributed by atoms with Crippen molar-refractivity contribution in [2.75, 3.05) is 20.2 Å². The van der Waals surface area contributed by atoms with Gasteiger partial charge in [-0.3, -0.25) is 9.69 Å². The summed E-state index contributed by atoms with van der Waals surface area (Å²) in [6, 6.07) is 8.55. The number of hydrogen-bond donors (Lipinski definition) is 0. The van der Waals surface area contributed by atoms with Crippen LogP contribution in [-0.2, 0) is 9.53 Å². The highest BCUT2D eigenvalue weighted by atomic mass is 127. The van der Waals surface area contributed by atoms with E-state index in [2.05, 4.69) is 58.7 Å². The molecule has 0 amide bonds. The zero-order valence-corrected chi connectivity index (χ0v) is 12.2. The Bertz CT molecular complexity index is 404. The van der Waals surface area contributed by atoms with Crippen molar-refractivity contribution in [3.05, 3.63) is 35.4 Å². The fourth-order valence-corrected chi connectivity index (χ4v) is 2.74. The summed E-state index contributed by atoms with van der Waals surface area (Å²) < 4.78 is 5.14. The van der Waals surface area contributed by atoms with Crippen molar-refractivity contribution >= 4 is 28.6 Å². The quantitative estimate of drug-likeness (QED) is 0.363. The molecule has 0 spiro atoms. The number of carbonyl (C=O) groups excluding carboxylic acids is 1. The molecule has 4 heteroatoms. The average molecular weight is 345 g/mol. The van der Waals surface area contributed by atoms with Crippen LogP contribution in [0.4, 0.5) is 0 Å². The molecule has 0 saturated carbocycles. The zero-order chi connectivity index (χ0) is 12.4. The summed E-state index contributed by atoms with van der Waals surface area (Å²) in [6.45, 7) is 3.82. The molecular formula is C13H16INO2. The van der Waals surface area contributed by atoms with Gasteiger partial charge in [-0.15, -0.1) is 0 Å². The van der Waals surface area contributed by atoms with Crippen molar-refractivity contribution in [2.45, 2.75) is 16.9 Å². The van der Waals surface area contributed by atoms with Crippen molar-refractivity contribution in [1.82, 2.24) is 4.90 Å². The van der Waals surface area contributed by atoms with Gasteiger partial charge < -0.3 is 4.74 Å². The minimum Gasteiger partial charge on any atom is -0.468 e. The van der Waals surface area contributed by atoms with Crippen LogP contribution in [0.2, 0.25) is 0 Å². The second-order valence-corrected chi connectivity index (χ2v) is 5.87. The van der Waals surface area contributed by atoms with E-state index in [4.69, 9.17) is 4.74 Å². The van der Waals surface area contributed by atoms with Crippen LogP contribution in [0.5, 0.6) is 0 Å². The molecule has 92 valence electrons. The van der Waals surface area contributed by atoms with Crippen LogP contribution in [0, 0.1) is 6.92 Å². The highest BCUT2D eigenvalue weighted by Crippen LogP contribution is 2.30. The minimum absolute atomic E-state index is 0.0114. The molecule has 3 unspecified atom stereocenters. The summed E-state index contributed by atoms with van der Waals surface area (Å²) >= 11 is 2.43. The van der Waals surface area contributed by atoms with Crippen molar-refractivity contribution in [2.24, 2.45) is 0 Å². The third kappa shape index (κ3) is 3.19. The summed E-state index contributed by atoms with van der Waals surface area (Å²) in [5, 5.41) is 0. The van der Waals surface area contributed by atoms with Crippen LogP contribution in [0.15, 0.2) is 24.3 Å². The van der Waals surface area contributed by atoms with Gasteiger partial charge in [-0.25, -0.2) is 0 Å². The van der Waals surface area contributed by atoms with Gasteiger partial charge in [0, 0.05) is 17.0 Å². The van der Waals surface area contributed by atoms with Crippen molar-refractivity contribution in [1.29, 1.82) is 0 Å². The minimum atomic E-state index is -0.113. The van der Waals surface area contributed by atoms with E-state index >= 15 is 0 Å². The first kappa shape index (κ1) is 12.8. The Labute approximate surface area is 115 Å². The second-order valence-electron chi connectivity index (χ2n) is 4.37. The molecule has 1 aliphatic rings. The van der Waals surface area contributed by atoms with Gasteiger partial charge in [0.2, 0.25) is 0 Å². The number of esters is 1. The Kier molecular flexibility index (Phi) is 4.04. The van der Waals surface area contributed by atoms with E-state index in [9.17, 15) is 4.79 Å². The van der Waals surface area contributed by atoms with Crippen LogP contribution in [0.25, 0.3) is 0 Å². The number of rotatable bonds is 4. The predicted octanol–water partition coefficient (Wildman–Crippen LogP) is 2.33. The van der Waals surface area contributed by atoms with Crippen LogP contribution in [0.3, 0.4) is 0 Å². The normalized spacial score (nSPS) is 24.2. The lowest BCUT2D eigenvalue weighted by atomic mass is 10.1. The average Bonchev–Trinajstić information content (AvgIpc) is 3.08. The number of aryl methyl sites for hydroxylation is 1. The summed E-state index contributed by atoms with van der Waals surface area (Å²) in [7, 11) is 1.44. The number of halogens is 1. The van der Waals surface area contributed by atoms with Crippen LogP contribution >= 0.6 is 22.6 Å². The molecule has 1 heterocycles. The zero-order valence-electron chi connectivity index (χ0n) is 10.0. The Morgan fingerprint density at radius 1 is 1.53 bits per heavy atom. The third-order valence-corrected chi connectivity index (χ3v) is 4.13. The molecule has 0 radical (unpaired) electrons. The monoisotopic (exact) mass is 345 g/mol. The number of hydrogen-bond acceptors (Lipinski definition) is 3. The van der Waals surface area contributed by atoms with Crippen LogP contribution < -0.4 is 0 Å². The highest BCUT2D eigenvalue weighted by Gasteiger charge is 2.41. The largest absolute Gasteiger partial charge is 0.468 e. The van der Waals surface area contributed by atoms with E-state index in [1.807, 2.05) is 0 Å². The number of alkyl halides is 1. The van der Waals surface area contributed by atoms with Crippen LogP contribution in [-0.4, -0.2) is 37.1 Å².